The molecule has 0 aliphatic carbocycles. The van der Waals surface area contributed by atoms with E-state index >= 15 is 0 Å². The molecule has 210 valence electrons. The topological polar surface area (TPSA) is 147 Å². The quantitative estimate of drug-likeness (QED) is 0.243. The first-order chi connectivity index (χ1) is 17.1. The van der Waals surface area contributed by atoms with Crippen molar-refractivity contribution < 1.29 is 32.7 Å². The van der Waals surface area contributed by atoms with Crippen molar-refractivity contribution in [2.45, 2.75) is 77.5 Å². The Labute approximate surface area is 215 Å². The van der Waals surface area contributed by atoms with Crippen LogP contribution in [0.2, 0.25) is 0 Å². The minimum Gasteiger partial charge on any atom is -0.370 e. The van der Waals surface area contributed by atoms with Crippen molar-refractivity contribution in [2.75, 3.05) is 26.7 Å². The number of nitrogens with one attached hydrogen (secondary N) is 4. The van der Waals surface area contributed by atoms with E-state index < -0.39 is 53.7 Å². The van der Waals surface area contributed by atoms with Crippen molar-refractivity contribution in [3.63, 3.8) is 0 Å². The number of rotatable bonds is 11. The molecule has 0 saturated carbocycles. The van der Waals surface area contributed by atoms with Crippen LogP contribution in [0, 0.1) is 34.5 Å². The molecule has 0 aromatic carbocycles. The van der Waals surface area contributed by atoms with E-state index in [2.05, 4.69) is 16.0 Å². The molecule has 0 aromatic rings. The van der Waals surface area contributed by atoms with Gasteiger partial charge in [-0.3, -0.25) is 19.7 Å². The van der Waals surface area contributed by atoms with Gasteiger partial charge in [0.25, 0.3) is 0 Å². The van der Waals surface area contributed by atoms with Crippen LogP contribution in [-0.4, -0.2) is 84.9 Å². The zero-order chi connectivity index (χ0) is 28.1. The van der Waals surface area contributed by atoms with Crippen LogP contribution in [0.4, 0.5) is 13.2 Å². The highest BCUT2D eigenvalue weighted by atomic mass is 19.4. The van der Waals surface area contributed by atoms with Crippen LogP contribution in [0.1, 0.15) is 47.0 Å². The predicted molar refractivity (Wildman–Crippen MR) is 128 cm³/mol. The van der Waals surface area contributed by atoms with Crippen molar-refractivity contribution in [3.05, 3.63) is 0 Å². The second kappa shape index (κ2) is 12.4. The summed E-state index contributed by atoms with van der Waals surface area (Å²) in [5, 5.41) is 29.6. The maximum atomic E-state index is 13.7. The van der Waals surface area contributed by atoms with Gasteiger partial charge in [0.05, 0.1) is 12.1 Å². The second-order valence-electron chi connectivity index (χ2n) is 10.9. The lowest BCUT2D eigenvalue weighted by Gasteiger charge is -2.39. The smallest absolute Gasteiger partial charge is 0.370 e. The molecule has 2 heterocycles. The molecule has 2 fully saturated rings. The zero-order valence-corrected chi connectivity index (χ0v) is 22.0. The van der Waals surface area contributed by atoms with E-state index in [9.17, 15) is 37.9 Å². The number of hydrogen-bond donors (Lipinski definition) is 5. The zero-order valence-electron chi connectivity index (χ0n) is 22.0. The van der Waals surface area contributed by atoms with Crippen LogP contribution in [-0.2, 0) is 14.4 Å². The van der Waals surface area contributed by atoms with Crippen LogP contribution in [0.15, 0.2) is 0 Å². The molecule has 37 heavy (non-hydrogen) atoms. The Kier molecular flexibility index (Phi) is 10.3. The molecule has 0 aromatic heterocycles. The van der Waals surface area contributed by atoms with E-state index in [0.29, 0.717) is 19.4 Å². The molecule has 2 saturated heterocycles. The van der Waals surface area contributed by atoms with Crippen LogP contribution in [0.25, 0.3) is 0 Å². The van der Waals surface area contributed by atoms with Gasteiger partial charge in [0.1, 0.15) is 12.1 Å². The molecule has 5 N–H and O–H groups in total. The number of aliphatic hydroxyl groups excluding tert-OH is 1. The normalized spacial score (nSPS) is 24.9. The lowest BCUT2D eigenvalue weighted by Crippen LogP contribution is -2.63. The Hall–Kier alpha value is -2.43. The van der Waals surface area contributed by atoms with Gasteiger partial charge in [0, 0.05) is 31.0 Å². The fourth-order valence-electron chi connectivity index (χ4n) is 5.26. The van der Waals surface area contributed by atoms with Gasteiger partial charge in [0.15, 0.2) is 0 Å². The summed E-state index contributed by atoms with van der Waals surface area (Å²) >= 11 is 0. The lowest BCUT2D eigenvalue weighted by atomic mass is 9.82. The number of nitriles is 1. The summed E-state index contributed by atoms with van der Waals surface area (Å²) in [5.41, 5.74) is -1.07. The van der Waals surface area contributed by atoms with Gasteiger partial charge < -0.3 is 26.0 Å². The summed E-state index contributed by atoms with van der Waals surface area (Å²) in [7, 11) is 1.59. The SMILES string of the molecule is CNCC(C)(C)[C@H](NC(O)C(F)(F)F)C(=O)N1CC[C@H](C(C)C)[C@H]1C(=O)N[C@H](C#N)C[C@@H]1CCNC1=O. The van der Waals surface area contributed by atoms with E-state index in [1.807, 2.05) is 25.2 Å². The number of halogens is 3. The Bertz CT molecular complexity index is 876. The van der Waals surface area contributed by atoms with Crippen LogP contribution in [0.5, 0.6) is 0 Å². The number of aliphatic hydroxyl groups is 1. The molecule has 1 unspecified atom stereocenters. The summed E-state index contributed by atoms with van der Waals surface area (Å²) in [6.07, 6.45) is -6.81. The summed E-state index contributed by atoms with van der Waals surface area (Å²) < 4.78 is 39.6. The molecule has 13 heteroatoms. The summed E-state index contributed by atoms with van der Waals surface area (Å²) in [5.74, 6) is -2.25. The van der Waals surface area contributed by atoms with Crippen molar-refractivity contribution >= 4 is 17.7 Å². The Morgan fingerprint density at radius 2 is 1.92 bits per heavy atom. The lowest BCUT2D eigenvalue weighted by molar-refractivity contribution is -0.218. The molecule has 0 bridgehead atoms. The molecule has 6 atom stereocenters. The number of nitrogens with zero attached hydrogens (tertiary/aromatic N) is 2. The van der Waals surface area contributed by atoms with Gasteiger partial charge in [-0.25, -0.2) is 0 Å². The Morgan fingerprint density at radius 3 is 2.41 bits per heavy atom. The van der Waals surface area contributed by atoms with E-state index in [1.165, 1.54) is 4.90 Å². The van der Waals surface area contributed by atoms with E-state index in [4.69, 9.17) is 0 Å². The average Bonchev–Trinajstić information content (AvgIpc) is 3.42. The predicted octanol–water partition coefficient (Wildman–Crippen LogP) is 0.479. The number of alkyl halides is 3. The molecule has 2 aliphatic rings. The van der Waals surface area contributed by atoms with Gasteiger partial charge in [-0.15, -0.1) is 0 Å². The minimum absolute atomic E-state index is 0.0350. The largest absolute Gasteiger partial charge is 0.427 e. The first kappa shape index (κ1) is 30.8. The molecular formula is C24H39F3N6O4. The first-order valence-corrected chi connectivity index (χ1v) is 12.6. The Balaban J connectivity index is 2.32. The highest BCUT2D eigenvalue weighted by molar-refractivity contribution is 5.91. The molecule has 0 radical (unpaired) electrons. The number of likely N-dealkylation sites (tertiary alicyclic amines) is 1. The van der Waals surface area contributed by atoms with Gasteiger partial charge in [-0.1, -0.05) is 27.7 Å². The number of carbonyl (C=O) groups excluding carboxylic acids is 3. The Morgan fingerprint density at radius 1 is 1.27 bits per heavy atom. The standard InChI is InChI=1S/C24H39F3N6O4/c1-13(2)16-7-9-33(17(16)20(35)31-15(11-28)10-14-6-8-30-19(14)34)21(36)18(23(3,4)12-29-5)32-22(37)24(25,26)27/h13-18,22,29,32,37H,6-10,12H2,1-5H3,(H,30,34)(H,31,35)/t14-,15-,16+,17-,18+,22?/m0/s1. The van der Waals surface area contributed by atoms with Crippen LogP contribution < -0.4 is 21.3 Å². The minimum atomic E-state index is -5.00. The molecule has 10 nitrogen and oxygen atoms in total. The fraction of sp³-hybridized carbons (Fsp3) is 0.833. The monoisotopic (exact) mass is 532 g/mol. The highest BCUT2D eigenvalue weighted by Crippen LogP contribution is 2.34. The van der Waals surface area contributed by atoms with Crippen molar-refractivity contribution in [3.8, 4) is 6.07 Å². The second-order valence-corrected chi connectivity index (χ2v) is 10.9. The van der Waals surface area contributed by atoms with Crippen molar-refractivity contribution in [1.82, 2.24) is 26.2 Å². The third kappa shape index (κ3) is 7.55. The van der Waals surface area contributed by atoms with Crippen molar-refractivity contribution in [1.29, 1.82) is 5.26 Å². The number of hydrogen-bond acceptors (Lipinski definition) is 7. The maximum Gasteiger partial charge on any atom is 0.427 e. The number of amides is 3. The van der Waals surface area contributed by atoms with Gasteiger partial charge in [0.2, 0.25) is 23.9 Å². The average molecular weight is 533 g/mol. The third-order valence-electron chi connectivity index (χ3n) is 7.30. The third-order valence-corrected chi connectivity index (χ3v) is 7.30. The summed E-state index contributed by atoms with van der Waals surface area (Å²) in [4.78, 5) is 40.4. The summed E-state index contributed by atoms with van der Waals surface area (Å²) in [6.45, 7) is 7.74. The van der Waals surface area contributed by atoms with Crippen LogP contribution in [0.3, 0.4) is 0 Å². The number of carbonyl (C=O) groups is 3. The molecule has 2 rings (SSSR count). The maximum absolute atomic E-state index is 13.7. The summed E-state index contributed by atoms with van der Waals surface area (Å²) in [6, 6.07) is -1.44. The van der Waals surface area contributed by atoms with Gasteiger partial charge >= 0.3 is 6.18 Å². The van der Waals surface area contributed by atoms with E-state index in [-0.39, 0.29) is 37.3 Å². The van der Waals surface area contributed by atoms with Crippen molar-refractivity contribution in [2.24, 2.45) is 23.2 Å². The molecule has 0 spiro atoms. The fourth-order valence-corrected chi connectivity index (χ4v) is 5.26. The molecule has 3 amide bonds. The van der Waals surface area contributed by atoms with E-state index in [1.54, 1.807) is 20.9 Å². The molecular weight excluding hydrogens is 493 g/mol. The van der Waals surface area contributed by atoms with E-state index in [0.717, 1.165) is 0 Å². The first-order valence-electron chi connectivity index (χ1n) is 12.6. The van der Waals surface area contributed by atoms with Crippen LogP contribution >= 0.6 is 0 Å². The highest BCUT2D eigenvalue weighted by Gasteiger charge is 2.50. The molecule has 2 aliphatic heterocycles. The van der Waals surface area contributed by atoms with Gasteiger partial charge in [-0.2, -0.15) is 18.4 Å². The van der Waals surface area contributed by atoms with Gasteiger partial charge in [-0.05, 0) is 38.1 Å².